The topological polar surface area (TPSA) is 83.5 Å². The lowest BCUT2D eigenvalue weighted by atomic mass is 9.95. The smallest absolute Gasteiger partial charge is 0.326 e. The van der Waals surface area contributed by atoms with Crippen LogP contribution in [0.15, 0.2) is 46.7 Å². The van der Waals surface area contributed by atoms with Crippen molar-refractivity contribution in [3.63, 3.8) is 0 Å². The third kappa shape index (κ3) is 4.19. The van der Waals surface area contributed by atoms with Crippen LogP contribution in [0.1, 0.15) is 37.3 Å². The molecule has 1 aromatic carbocycles. The number of sulfonamides is 1. The molecule has 0 radical (unpaired) electrons. The van der Waals surface area contributed by atoms with E-state index in [9.17, 15) is 18.3 Å². The fourth-order valence-corrected chi connectivity index (χ4v) is 4.55. The van der Waals surface area contributed by atoms with Crippen LogP contribution in [0, 0.1) is 0 Å². The van der Waals surface area contributed by atoms with Gasteiger partial charge in [-0.15, -0.1) is 11.3 Å². The van der Waals surface area contributed by atoms with Gasteiger partial charge in [-0.05, 0) is 23.1 Å². The molecule has 0 unspecified atom stereocenters. The minimum absolute atomic E-state index is 0.115. The van der Waals surface area contributed by atoms with E-state index in [2.05, 4.69) is 4.72 Å². The first-order valence-corrected chi connectivity index (χ1v) is 9.31. The first-order chi connectivity index (χ1) is 10.6. The van der Waals surface area contributed by atoms with E-state index in [-0.39, 0.29) is 9.62 Å². The highest BCUT2D eigenvalue weighted by atomic mass is 32.2. The van der Waals surface area contributed by atoms with Gasteiger partial charge in [0, 0.05) is 4.88 Å². The highest BCUT2D eigenvalue weighted by Gasteiger charge is 2.29. The number of hydrogen-bond acceptors (Lipinski definition) is 4. The zero-order valence-corrected chi connectivity index (χ0v) is 14.7. The van der Waals surface area contributed by atoms with Gasteiger partial charge in [-0.2, -0.15) is 4.72 Å². The molecule has 0 spiro atoms. The molecule has 0 aliphatic carbocycles. The van der Waals surface area contributed by atoms with Gasteiger partial charge >= 0.3 is 5.97 Å². The van der Waals surface area contributed by atoms with Crippen LogP contribution in [-0.2, 0) is 20.2 Å². The number of carboxylic acids is 1. The monoisotopic (exact) mass is 353 g/mol. The predicted molar refractivity (Wildman–Crippen MR) is 90.2 cm³/mol. The minimum atomic E-state index is -3.90. The number of carbonyl (C=O) groups is 1. The van der Waals surface area contributed by atoms with E-state index in [0.29, 0.717) is 5.56 Å². The molecule has 0 amide bonds. The molecular formula is C16H19NO4S2. The third-order valence-electron chi connectivity index (χ3n) is 3.24. The van der Waals surface area contributed by atoms with E-state index in [1.807, 2.05) is 20.8 Å². The van der Waals surface area contributed by atoms with Crippen LogP contribution in [0.4, 0.5) is 0 Å². The van der Waals surface area contributed by atoms with Crippen LogP contribution >= 0.6 is 11.3 Å². The Balaban J connectivity index is 2.32. The summed E-state index contributed by atoms with van der Waals surface area (Å²) < 4.78 is 27.4. The lowest BCUT2D eigenvalue weighted by Crippen LogP contribution is -2.33. The zero-order valence-electron chi connectivity index (χ0n) is 13.1. The molecule has 0 bridgehead atoms. The summed E-state index contributed by atoms with van der Waals surface area (Å²) >= 11 is 1.15. The normalized spacial score (nSPS) is 13.7. The van der Waals surface area contributed by atoms with Gasteiger partial charge < -0.3 is 5.11 Å². The second-order valence-electron chi connectivity index (χ2n) is 6.17. The second-order valence-corrected chi connectivity index (χ2v) is 9.20. The summed E-state index contributed by atoms with van der Waals surface area (Å²) in [5.41, 5.74) is 0.223. The van der Waals surface area contributed by atoms with Gasteiger partial charge in [-0.3, -0.25) is 4.79 Å². The first kappa shape index (κ1) is 17.7. The summed E-state index contributed by atoms with van der Waals surface area (Å²) in [5, 5.41) is 9.35. The molecule has 0 saturated heterocycles. The molecular weight excluding hydrogens is 334 g/mol. The van der Waals surface area contributed by atoms with Crippen molar-refractivity contribution in [1.29, 1.82) is 0 Å². The Labute approximate surface area is 140 Å². The van der Waals surface area contributed by atoms with Gasteiger partial charge in [0.25, 0.3) is 10.0 Å². The Bertz CT molecular complexity index is 789. The maximum atomic E-state index is 12.5. The molecule has 5 nitrogen and oxygen atoms in total. The van der Waals surface area contributed by atoms with Crippen molar-refractivity contribution in [2.24, 2.45) is 0 Å². The van der Waals surface area contributed by atoms with E-state index in [1.54, 1.807) is 36.4 Å². The van der Waals surface area contributed by atoms with E-state index in [4.69, 9.17) is 0 Å². The summed E-state index contributed by atoms with van der Waals surface area (Å²) in [4.78, 5) is 12.4. The third-order valence-corrected chi connectivity index (χ3v) is 6.66. The standard InChI is InChI=1S/C16H19NO4S2/c1-16(2,3)12-9-10-13(22-12)23(20,21)17-14(15(18)19)11-7-5-4-6-8-11/h4-10,14,17H,1-3H3,(H,18,19)/t14-/m1/s1. The molecule has 2 rings (SSSR count). The molecule has 1 atom stereocenters. The van der Waals surface area contributed by atoms with E-state index in [1.165, 1.54) is 6.07 Å². The largest absolute Gasteiger partial charge is 0.480 e. The van der Waals surface area contributed by atoms with Crippen LogP contribution in [0.5, 0.6) is 0 Å². The van der Waals surface area contributed by atoms with Crippen LogP contribution in [0.2, 0.25) is 0 Å². The average Bonchev–Trinajstić information content (AvgIpc) is 2.96. The van der Waals surface area contributed by atoms with Crippen LogP contribution in [0.25, 0.3) is 0 Å². The molecule has 2 aromatic rings. The Morgan fingerprint density at radius 2 is 1.74 bits per heavy atom. The van der Waals surface area contributed by atoms with E-state index in [0.717, 1.165) is 16.2 Å². The van der Waals surface area contributed by atoms with Gasteiger partial charge in [0.05, 0.1) is 0 Å². The average molecular weight is 353 g/mol. The first-order valence-electron chi connectivity index (χ1n) is 7.01. The van der Waals surface area contributed by atoms with Crippen molar-refractivity contribution in [2.75, 3.05) is 0 Å². The van der Waals surface area contributed by atoms with Crippen molar-refractivity contribution in [1.82, 2.24) is 4.72 Å². The molecule has 2 N–H and O–H groups in total. The van der Waals surface area contributed by atoms with Gasteiger partial charge in [-0.25, -0.2) is 8.42 Å². The summed E-state index contributed by atoms with van der Waals surface area (Å²) in [7, 11) is -3.90. The molecule has 7 heteroatoms. The maximum Gasteiger partial charge on any atom is 0.326 e. The van der Waals surface area contributed by atoms with Crippen LogP contribution in [0.3, 0.4) is 0 Å². The molecule has 0 aliphatic heterocycles. The number of carboxylic acid groups (broad SMARTS) is 1. The quantitative estimate of drug-likeness (QED) is 0.865. The lowest BCUT2D eigenvalue weighted by Gasteiger charge is -2.16. The van der Waals surface area contributed by atoms with Gasteiger partial charge in [-0.1, -0.05) is 51.1 Å². The minimum Gasteiger partial charge on any atom is -0.480 e. The van der Waals surface area contributed by atoms with Crippen molar-refractivity contribution in [2.45, 2.75) is 36.4 Å². The number of thiophene rings is 1. The SMILES string of the molecule is CC(C)(C)c1ccc(S(=O)(=O)N[C@@H](C(=O)O)c2ccccc2)s1. The lowest BCUT2D eigenvalue weighted by molar-refractivity contribution is -0.139. The van der Waals surface area contributed by atoms with Crippen LogP contribution in [-0.4, -0.2) is 19.5 Å². The second kappa shape index (κ2) is 6.43. The van der Waals surface area contributed by atoms with Crippen LogP contribution < -0.4 is 4.72 Å². The Kier molecular flexibility index (Phi) is 4.93. The fraction of sp³-hybridized carbons (Fsp3) is 0.312. The van der Waals surface area contributed by atoms with Gasteiger partial charge in [0.15, 0.2) is 0 Å². The highest BCUT2D eigenvalue weighted by molar-refractivity contribution is 7.91. The van der Waals surface area contributed by atoms with Crippen molar-refractivity contribution in [3.8, 4) is 0 Å². The maximum absolute atomic E-state index is 12.5. The van der Waals surface area contributed by atoms with Crippen molar-refractivity contribution in [3.05, 3.63) is 52.9 Å². The summed E-state index contributed by atoms with van der Waals surface area (Å²) in [5.74, 6) is -1.24. The Morgan fingerprint density at radius 3 is 2.22 bits per heavy atom. The fourth-order valence-electron chi connectivity index (χ4n) is 1.99. The van der Waals surface area contributed by atoms with Gasteiger partial charge in [0.1, 0.15) is 10.3 Å². The van der Waals surface area contributed by atoms with E-state index >= 15 is 0 Å². The summed E-state index contributed by atoms with van der Waals surface area (Å²) in [6, 6.07) is 10.2. The molecule has 0 aliphatic rings. The van der Waals surface area contributed by atoms with Gasteiger partial charge in [0.2, 0.25) is 0 Å². The van der Waals surface area contributed by atoms with Crippen molar-refractivity contribution < 1.29 is 18.3 Å². The zero-order chi connectivity index (χ0) is 17.3. The summed E-state index contributed by atoms with van der Waals surface area (Å²) in [6.07, 6.45) is 0. The molecule has 1 aromatic heterocycles. The highest BCUT2D eigenvalue weighted by Crippen LogP contribution is 2.32. The molecule has 0 saturated carbocycles. The number of nitrogens with one attached hydrogen (secondary N) is 1. The molecule has 0 fully saturated rings. The number of aliphatic carboxylic acids is 1. The predicted octanol–water partition coefficient (Wildman–Crippen LogP) is 3.15. The van der Waals surface area contributed by atoms with Crippen molar-refractivity contribution >= 4 is 27.3 Å². The Hall–Kier alpha value is -1.70. The Morgan fingerprint density at radius 1 is 1.13 bits per heavy atom. The molecule has 1 heterocycles. The number of rotatable bonds is 5. The number of hydrogen-bond donors (Lipinski definition) is 2. The van der Waals surface area contributed by atoms with E-state index < -0.39 is 22.0 Å². The molecule has 124 valence electrons. The number of benzene rings is 1. The summed E-state index contributed by atoms with van der Waals surface area (Å²) in [6.45, 7) is 5.98. The molecule has 23 heavy (non-hydrogen) atoms.